The minimum Gasteiger partial charge on any atom is -0.480 e. The molecule has 0 radical (unpaired) electrons. The third-order valence-corrected chi connectivity index (χ3v) is 6.00. The van der Waals surface area contributed by atoms with E-state index in [2.05, 4.69) is 0 Å². The van der Waals surface area contributed by atoms with Crippen LogP contribution in [0.3, 0.4) is 0 Å². The molecule has 0 aliphatic carbocycles. The van der Waals surface area contributed by atoms with E-state index in [1.807, 2.05) is 20.8 Å². The molecule has 35 heavy (non-hydrogen) atoms. The van der Waals surface area contributed by atoms with Crippen molar-refractivity contribution in [1.29, 1.82) is 0 Å². The van der Waals surface area contributed by atoms with E-state index in [1.165, 1.54) is 12.1 Å². The molecule has 0 heterocycles. The van der Waals surface area contributed by atoms with Crippen molar-refractivity contribution in [2.24, 2.45) is 17.6 Å². The van der Waals surface area contributed by atoms with Gasteiger partial charge in [-0.15, -0.1) is 0 Å². The SMILES string of the molecule is CCCC(=O)Oc1ccc(C(C(C)C(C)OC(=O)C(C)CC)[C@H](N)C(=O)O)cc1OC(=O)CCC. The van der Waals surface area contributed by atoms with Crippen LogP contribution in [0.15, 0.2) is 18.2 Å². The Morgan fingerprint density at radius 3 is 1.94 bits per heavy atom. The van der Waals surface area contributed by atoms with Crippen molar-refractivity contribution >= 4 is 23.9 Å². The van der Waals surface area contributed by atoms with E-state index in [1.54, 1.807) is 26.8 Å². The van der Waals surface area contributed by atoms with Crippen molar-refractivity contribution in [1.82, 2.24) is 0 Å². The standard InChI is InChI=1S/C26H39NO8/c1-7-10-21(28)34-19-13-12-18(14-20(19)35-22(29)11-8-2)23(24(27)25(30)31)16(5)17(6)33-26(32)15(4)9-3/h12-17,23-24H,7-11,27H2,1-6H3,(H,30,31)/t15?,16?,17?,23?,24-/m0/s1. The fraction of sp³-hybridized carbons (Fsp3) is 0.615. The maximum atomic E-state index is 12.3. The smallest absolute Gasteiger partial charge is 0.321 e. The van der Waals surface area contributed by atoms with Gasteiger partial charge in [0.15, 0.2) is 11.5 Å². The molecule has 1 rings (SSSR count). The molecule has 1 aromatic rings. The topological polar surface area (TPSA) is 142 Å². The van der Waals surface area contributed by atoms with Gasteiger partial charge >= 0.3 is 23.9 Å². The Balaban J connectivity index is 3.42. The first-order chi connectivity index (χ1) is 16.5. The number of carbonyl (C=O) groups excluding carboxylic acids is 3. The summed E-state index contributed by atoms with van der Waals surface area (Å²) in [5.41, 5.74) is 6.52. The number of nitrogens with two attached hydrogens (primary N) is 1. The van der Waals surface area contributed by atoms with Gasteiger partial charge in [-0.2, -0.15) is 0 Å². The highest BCUT2D eigenvalue weighted by Gasteiger charge is 2.36. The van der Waals surface area contributed by atoms with Gasteiger partial charge in [0.2, 0.25) is 0 Å². The Morgan fingerprint density at radius 1 is 0.914 bits per heavy atom. The lowest BCUT2D eigenvalue weighted by Crippen LogP contribution is -2.43. The first-order valence-electron chi connectivity index (χ1n) is 12.2. The van der Waals surface area contributed by atoms with Crippen LogP contribution in [0.1, 0.15) is 85.1 Å². The van der Waals surface area contributed by atoms with Crippen molar-refractivity contribution in [2.75, 3.05) is 0 Å². The van der Waals surface area contributed by atoms with Crippen LogP contribution in [0.25, 0.3) is 0 Å². The lowest BCUT2D eigenvalue weighted by atomic mass is 9.79. The summed E-state index contributed by atoms with van der Waals surface area (Å²) in [5.74, 6) is -4.12. The Kier molecular flexibility index (Phi) is 12.4. The highest BCUT2D eigenvalue weighted by molar-refractivity contribution is 5.77. The van der Waals surface area contributed by atoms with Gasteiger partial charge in [-0.05, 0) is 43.9 Å². The van der Waals surface area contributed by atoms with E-state index in [-0.39, 0.29) is 36.2 Å². The Bertz CT molecular complexity index is 884. The number of esters is 3. The zero-order chi connectivity index (χ0) is 26.7. The van der Waals surface area contributed by atoms with E-state index in [4.69, 9.17) is 19.9 Å². The highest BCUT2D eigenvalue weighted by atomic mass is 16.6. The van der Waals surface area contributed by atoms with Crippen LogP contribution in [0.5, 0.6) is 11.5 Å². The molecule has 196 valence electrons. The molecular weight excluding hydrogens is 454 g/mol. The minimum absolute atomic E-state index is 0.00412. The minimum atomic E-state index is -1.33. The van der Waals surface area contributed by atoms with Crippen LogP contribution in [0, 0.1) is 11.8 Å². The summed E-state index contributed by atoms with van der Waals surface area (Å²) in [5, 5.41) is 9.68. The number of ether oxygens (including phenoxy) is 3. The molecule has 0 fully saturated rings. The van der Waals surface area contributed by atoms with Gasteiger partial charge in [-0.3, -0.25) is 19.2 Å². The van der Waals surface area contributed by atoms with Crippen LogP contribution in [-0.2, 0) is 23.9 Å². The molecule has 0 spiro atoms. The Labute approximate surface area is 207 Å². The quantitative estimate of drug-likeness (QED) is 0.288. The number of rotatable bonds is 14. The monoisotopic (exact) mass is 493 g/mol. The van der Waals surface area contributed by atoms with Crippen molar-refractivity contribution < 1.29 is 38.5 Å². The maximum absolute atomic E-state index is 12.3. The number of carboxylic acid groups (broad SMARTS) is 1. The fourth-order valence-corrected chi connectivity index (χ4v) is 3.51. The van der Waals surface area contributed by atoms with E-state index in [9.17, 15) is 24.3 Å². The van der Waals surface area contributed by atoms with Gasteiger partial charge in [0.1, 0.15) is 12.1 Å². The predicted molar refractivity (Wildman–Crippen MR) is 130 cm³/mol. The van der Waals surface area contributed by atoms with Gasteiger partial charge in [0, 0.05) is 24.7 Å². The van der Waals surface area contributed by atoms with Gasteiger partial charge in [0.05, 0.1) is 5.92 Å². The van der Waals surface area contributed by atoms with Crippen LogP contribution >= 0.6 is 0 Å². The Morgan fingerprint density at radius 2 is 1.46 bits per heavy atom. The van der Waals surface area contributed by atoms with Crippen LogP contribution in [0.2, 0.25) is 0 Å². The molecule has 0 aliphatic heterocycles. The maximum Gasteiger partial charge on any atom is 0.321 e. The van der Waals surface area contributed by atoms with Gasteiger partial charge in [0.25, 0.3) is 0 Å². The first-order valence-corrected chi connectivity index (χ1v) is 12.2. The zero-order valence-electron chi connectivity index (χ0n) is 21.5. The number of aliphatic carboxylic acids is 1. The number of carbonyl (C=O) groups is 4. The molecule has 1 aromatic carbocycles. The van der Waals surface area contributed by atoms with Crippen LogP contribution in [-0.4, -0.2) is 41.1 Å². The van der Waals surface area contributed by atoms with Crippen LogP contribution in [0.4, 0.5) is 0 Å². The average molecular weight is 494 g/mol. The number of hydrogen-bond donors (Lipinski definition) is 2. The van der Waals surface area contributed by atoms with Crippen molar-refractivity contribution in [2.45, 2.75) is 91.7 Å². The summed E-state index contributed by atoms with van der Waals surface area (Å²) >= 11 is 0. The summed E-state index contributed by atoms with van der Waals surface area (Å²) in [4.78, 5) is 48.5. The summed E-state index contributed by atoms with van der Waals surface area (Å²) in [6, 6.07) is 3.18. The molecule has 0 saturated carbocycles. The van der Waals surface area contributed by atoms with Crippen LogP contribution < -0.4 is 15.2 Å². The summed E-state index contributed by atoms with van der Waals surface area (Å²) in [6.07, 6.45) is 1.47. The molecule has 0 aromatic heterocycles. The van der Waals surface area contributed by atoms with Gasteiger partial charge < -0.3 is 25.1 Å². The second kappa shape index (κ2) is 14.5. The zero-order valence-corrected chi connectivity index (χ0v) is 21.5. The second-order valence-corrected chi connectivity index (χ2v) is 8.85. The molecule has 9 nitrogen and oxygen atoms in total. The van der Waals surface area contributed by atoms with Crippen molar-refractivity contribution in [3.63, 3.8) is 0 Å². The van der Waals surface area contributed by atoms with Crippen molar-refractivity contribution in [3.8, 4) is 11.5 Å². The lowest BCUT2D eigenvalue weighted by molar-refractivity contribution is -0.155. The van der Waals surface area contributed by atoms with E-state index in [0.717, 1.165) is 0 Å². The molecule has 0 aliphatic rings. The predicted octanol–water partition coefficient (Wildman–Crippen LogP) is 4.21. The lowest BCUT2D eigenvalue weighted by Gasteiger charge is -2.32. The summed E-state index contributed by atoms with van der Waals surface area (Å²) in [7, 11) is 0. The number of carboxylic acids is 1. The van der Waals surface area contributed by atoms with Gasteiger partial charge in [-0.25, -0.2) is 0 Å². The Hall–Kier alpha value is -2.94. The van der Waals surface area contributed by atoms with Crippen molar-refractivity contribution in [3.05, 3.63) is 23.8 Å². The molecule has 5 atom stereocenters. The second-order valence-electron chi connectivity index (χ2n) is 8.85. The van der Waals surface area contributed by atoms with Gasteiger partial charge in [-0.1, -0.05) is 40.7 Å². The molecular formula is C26H39NO8. The third kappa shape index (κ3) is 8.98. The number of hydrogen-bond acceptors (Lipinski definition) is 8. The fourth-order valence-electron chi connectivity index (χ4n) is 3.51. The molecule has 0 amide bonds. The molecule has 0 saturated heterocycles. The normalized spacial score (nSPS) is 15.3. The average Bonchev–Trinajstić information content (AvgIpc) is 2.80. The highest BCUT2D eigenvalue weighted by Crippen LogP contribution is 2.37. The van der Waals surface area contributed by atoms with E-state index >= 15 is 0 Å². The first kappa shape index (κ1) is 30.1. The van der Waals surface area contributed by atoms with E-state index in [0.29, 0.717) is 24.8 Å². The molecule has 4 unspecified atom stereocenters. The largest absolute Gasteiger partial charge is 0.480 e. The summed E-state index contributed by atoms with van der Waals surface area (Å²) in [6.45, 7) is 10.7. The summed E-state index contributed by atoms with van der Waals surface area (Å²) < 4.78 is 16.4. The third-order valence-electron chi connectivity index (χ3n) is 6.00. The molecule has 0 bridgehead atoms. The number of benzene rings is 1. The molecule has 3 N–H and O–H groups in total. The molecule has 9 heteroatoms. The van der Waals surface area contributed by atoms with E-state index < -0.39 is 41.9 Å².